The van der Waals surface area contributed by atoms with E-state index in [9.17, 15) is 0 Å². The Kier molecular flexibility index (Phi) is 3.36. The maximum atomic E-state index is 4.45. The van der Waals surface area contributed by atoms with Crippen LogP contribution in [0.2, 0.25) is 0 Å². The summed E-state index contributed by atoms with van der Waals surface area (Å²) in [6.45, 7) is 0.608. The molecule has 3 aromatic rings. The van der Waals surface area contributed by atoms with Crippen molar-refractivity contribution in [3.8, 4) is 5.69 Å². The van der Waals surface area contributed by atoms with E-state index in [1.807, 2.05) is 42.3 Å². The molecule has 0 atom stereocenters. The summed E-state index contributed by atoms with van der Waals surface area (Å²) in [5.41, 5.74) is 1.81. The summed E-state index contributed by atoms with van der Waals surface area (Å²) in [7, 11) is 1.93. The number of aromatic nitrogens is 5. The monoisotopic (exact) mass is 266 g/mol. The van der Waals surface area contributed by atoms with Gasteiger partial charge in [0.1, 0.15) is 5.69 Å². The minimum Gasteiger partial charge on any atom is -0.338 e. The lowest BCUT2D eigenvalue weighted by Gasteiger charge is -2.14. The minimum absolute atomic E-state index is 0.608. The number of para-hydroxylation sites is 1. The average Bonchev–Trinajstić information content (AvgIpc) is 2.97. The van der Waals surface area contributed by atoms with E-state index in [4.69, 9.17) is 0 Å². The number of anilines is 1. The van der Waals surface area contributed by atoms with Gasteiger partial charge in [0.05, 0.1) is 18.4 Å². The normalized spacial score (nSPS) is 10.4. The Morgan fingerprint density at radius 1 is 1.05 bits per heavy atom. The number of hydrogen-bond donors (Lipinski definition) is 0. The molecule has 0 N–H and O–H groups in total. The summed E-state index contributed by atoms with van der Waals surface area (Å²) in [5, 5.41) is 8.73. The molecule has 0 aliphatic heterocycles. The van der Waals surface area contributed by atoms with Crippen LogP contribution in [0.4, 0.5) is 5.95 Å². The topological polar surface area (TPSA) is 59.7 Å². The van der Waals surface area contributed by atoms with Gasteiger partial charge in [-0.25, -0.2) is 9.97 Å². The molecule has 0 unspecified atom stereocenters. The summed E-state index contributed by atoms with van der Waals surface area (Å²) in [4.78, 5) is 11.9. The van der Waals surface area contributed by atoms with E-state index >= 15 is 0 Å². The third-order valence-corrected chi connectivity index (χ3v) is 2.82. The molecule has 0 aliphatic carbocycles. The van der Waals surface area contributed by atoms with Gasteiger partial charge in [0.25, 0.3) is 0 Å². The number of hydrogen-bond acceptors (Lipinski definition) is 5. The molecule has 0 saturated heterocycles. The highest BCUT2D eigenvalue weighted by Crippen LogP contribution is 2.08. The van der Waals surface area contributed by atoms with Gasteiger partial charge in [-0.15, -0.1) is 0 Å². The molecule has 1 aromatic carbocycles. The van der Waals surface area contributed by atoms with Crippen molar-refractivity contribution in [1.29, 1.82) is 0 Å². The molecule has 0 aliphatic rings. The lowest BCUT2D eigenvalue weighted by atomic mass is 10.3. The van der Waals surface area contributed by atoms with Gasteiger partial charge in [-0.05, 0) is 18.2 Å². The highest BCUT2D eigenvalue weighted by atomic mass is 15.5. The maximum Gasteiger partial charge on any atom is 0.225 e. The Bertz CT molecular complexity index is 664. The molecule has 0 saturated carbocycles. The van der Waals surface area contributed by atoms with Gasteiger partial charge < -0.3 is 4.90 Å². The van der Waals surface area contributed by atoms with Crippen molar-refractivity contribution in [3.63, 3.8) is 0 Å². The first-order chi connectivity index (χ1) is 9.83. The van der Waals surface area contributed by atoms with Gasteiger partial charge in [-0.3, -0.25) is 0 Å². The molecule has 0 radical (unpaired) electrons. The van der Waals surface area contributed by atoms with Crippen molar-refractivity contribution >= 4 is 5.95 Å². The Balaban J connectivity index is 1.75. The van der Waals surface area contributed by atoms with Gasteiger partial charge in [0.15, 0.2) is 0 Å². The fourth-order valence-corrected chi connectivity index (χ4v) is 1.85. The van der Waals surface area contributed by atoms with Crippen LogP contribution >= 0.6 is 0 Å². The van der Waals surface area contributed by atoms with E-state index in [-0.39, 0.29) is 0 Å². The van der Waals surface area contributed by atoms with Gasteiger partial charge in [0.2, 0.25) is 5.95 Å². The quantitative estimate of drug-likeness (QED) is 0.719. The predicted molar refractivity (Wildman–Crippen MR) is 75.5 cm³/mol. The number of nitrogens with zero attached hydrogens (tertiary/aromatic N) is 6. The molecule has 0 fully saturated rings. The molecular formula is C14H14N6. The molecule has 6 heteroatoms. The van der Waals surface area contributed by atoms with E-state index in [1.165, 1.54) is 0 Å². The first-order valence-corrected chi connectivity index (χ1v) is 6.28. The van der Waals surface area contributed by atoms with Crippen molar-refractivity contribution in [2.45, 2.75) is 6.54 Å². The van der Waals surface area contributed by atoms with Crippen molar-refractivity contribution < 1.29 is 0 Å². The van der Waals surface area contributed by atoms with Crippen LogP contribution in [-0.4, -0.2) is 32.0 Å². The minimum atomic E-state index is 0.608. The smallest absolute Gasteiger partial charge is 0.225 e. The average molecular weight is 266 g/mol. The summed E-state index contributed by atoms with van der Waals surface area (Å²) in [6.07, 6.45) is 5.20. The first-order valence-electron chi connectivity index (χ1n) is 6.28. The second-order valence-electron chi connectivity index (χ2n) is 4.37. The van der Waals surface area contributed by atoms with Crippen LogP contribution in [0, 0.1) is 0 Å². The largest absolute Gasteiger partial charge is 0.338 e. The van der Waals surface area contributed by atoms with Crippen LogP contribution in [0.15, 0.2) is 55.0 Å². The van der Waals surface area contributed by atoms with Crippen molar-refractivity contribution in [1.82, 2.24) is 25.0 Å². The Morgan fingerprint density at radius 2 is 1.80 bits per heavy atom. The molecular weight excluding hydrogens is 252 g/mol. The standard InChI is InChI=1S/C14H14N6/c1-19(14-15-8-5-9-16-14)11-12-10-17-20(18-12)13-6-3-2-4-7-13/h2-10H,11H2,1H3. The predicted octanol–water partition coefficient (Wildman–Crippen LogP) is 1.69. The number of rotatable bonds is 4. The van der Waals surface area contributed by atoms with E-state index in [1.54, 1.807) is 29.5 Å². The van der Waals surface area contributed by atoms with Crippen LogP contribution < -0.4 is 4.90 Å². The molecule has 2 heterocycles. The Labute approximate surface area is 116 Å². The molecule has 100 valence electrons. The fourth-order valence-electron chi connectivity index (χ4n) is 1.85. The van der Waals surface area contributed by atoms with E-state index < -0.39 is 0 Å². The lowest BCUT2D eigenvalue weighted by Crippen LogP contribution is -2.19. The fraction of sp³-hybridized carbons (Fsp3) is 0.143. The third-order valence-electron chi connectivity index (χ3n) is 2.82. The van der Waals surface area contributed by atoms with Crippen LogP contribution in [0.25, 0.3) is 5.69 Å². The second-order valence-corrected chi connectivity index (χ2v) is 4.37. The molecule has 20 heavy (non-hydrogen) atoms. The maximum absolute atomic E-state index is 4.45. The molecule has 0 spiro atoms. The summed E-state index contributed by atoms with van der Waals surface area (Å²) in [5.74, 6) is 0.668. The first kappa shape index (κ1) is 12.3. The second kappa shape index (κ2) is 5.48. The molecule has 0 amide bonds. The SMILES string of the molecule is CN(Cc1cnn(-c2ccccc2)n1)c1ncccn1. The third kappa shape index (κ3) is 2.64. The zero-order valence-corrected chi connectivity index (χ0v) is 11.1. The lowest BCUT2D eigenvalue weighted by molar-refractivity contribution is 0.729. The van der Waals surface area contributed by atoms with Crippen LogP contribution in [0.1, 0.15) is 5.69 Å². The van der Waals surface area contributed by atoms with E-state index in [0.29, 0.717) is 12.5 Å². The van der Waals surface area contributed by atoms with Crippen molar-refractivity contribution in [2.75, 3.05) is 11.9 Å². The summed E-state index contributed by atoms with van der Waals surface area (Å²) < 4.78 is 0. The molecule has 2 aromatic heterocycles. The van der Waals surface area contributed by atoms with Gasteiger partial charge in [-0.1, -0.05) is 18.2 Å². The molecule has 0 bridgehead atoms. The Morgan fingerprint density at radius 3 is 2.55 bits per heavy atom. The summed E-state index contributed by atoms with van der Waals surface area (Å²) >= 11 is 0. The molecule has 3 rings (SSSR count). The van der Waals surface area contributed by atoms with Gasteiger partial charge in [-0.2, -0.15) is 15.0 Å². The summed E-state index contributed by atoms with van der Waals surface area (Å²) in [6, 6.07) is 11.6. The highest BCUT2D eigenvalue weighted by molar-refractivity contribution is 5.30. The zero-order chi connectivity index (χ0) is 13.8. The van der Waals surface area contributed by atoms with Crippen molar-refractivity contribution in [3.05, 3.63) is 60.7 Å². The van der Waals surface area contributed by atoms with Crippen LogP contribution in [0.3, 0.4) is 0 Å². The zero-order valence-electron chi connectivity index (χ0n) is 11.1. The molecule has 6 nitrogen and oxygen atoms in total. The highest BCUT2D eigenvalue weighted by Gasteiger charge is 2.08. The van der Waals surface area contributed by atoms with Crippen molar-refractivity contribution in [2.24, 2.45) is 0 Å². The number of benzene rings is 1. The Hall–Kier alpha value is -2.76. The van der Waals surface area contributed by atoms with Gasteiger partial charge >= 0.3 is 0 Å². The van der Waals surface area contributed by atoms with Crippen LogP contribution in [0.5, 0.6) is 0 Å². The van der Waals surface area contributed by atoms with Crippen LogP contribution in [-0.2, 0) is 6.54 Å². The van der Waals surface area contributed by atoms with Gasteiger partial charge in [0, 0.05) is 19.4 Å². The van der Waals surface area contributed by atoms with E-state index in [2.05, 4.69) is 20.2 Å². The van der Waals surface area contributed by atoms with E-state index in [0.717, 1.165) is 11.4 Å².